The molecule has 1 aliphatic rings. The molecule has 0 unspecified atom stereocenters. The minimum absolute atomic E-state index is 0.236. The molecule has 0 spiro atoms. The van der Waals surface area contributed by atoms with Gasteiger partial charge >= 0.3 is 0 Å². The highest BCUT2D eigenvalue weighted by atomic mass is 16.7. The van der Waals surface area contributed by atoms with Crippen LogP contribution in [0.4, 0.5) is 0 Å². The van der Waals surface area contributed by atoms with Gasteiger partial charge in [-0.05, 0) is 42.5 Å². The van der Waals surface area contributed by atoms with Gasteiger partial charge in [0.2, 0.25) is 12.6 Å². The smallest absolute Gasteiger partial charge is 0.258 e. The Balaban J connectivity index is 1.65. The molecule has 0 saturated carbocycles. The quantitative estimate of drug-likeness (QED) is 0.739. The average Bonchev–Trinajstić information content (AvgIpc) is 3.23. The third-order valence-corrected chi connectivity index (χ3v) is 3.39. The lowest BCUT2D eigenvalue weighted by molar-refractivity contribution is 0.174. The van der Waals surface area contributed by atoms with Crippen LogP contribution in [0, 0.1) is 0 Å². The number of hydrogen-bond donors (Lipinski definition) is 0. The summed E-state index contributed by atoms with van der Waals surface area (Å²) in [6.45, 7) is 0.236. The number of rotatable bonds is 3. The fourth-order valence-electron chi connectivity index (χ4n) is 2.23. The highest BCUT2D eigenvalue weighted by Crippen LogP contribution is 2.35. The molecule has 0 atom stereocenters. The minimum Gasteiger partial charge on any atom is -0.497 e. The van der Waals surface area contributed by atoms with E-state index in [-0.39, 0.29) is 6.79 Å². The second kappa shape index (κ2) is 5.07. The highest BCUT2D eigenvalue weighted by molar-refractivity contribution is 5.63. The number of ether oxygens (including phenoxy) is 3. The lowest BCUT2D eigenvalue weighted by Crippen LogP contribution is -1.92. The van der Waals surface area contributed by atoms with Gasteiger partial charge in [0.1, 0.15) is 5.75 Å². The summed E-state index contributed by atoms with van der Waals surface area (Å²) >= 11 is 0. The van der Waals surface area contributed by atoms with Gasteiger partial charge in [-0.1, -0.05) is 5.16 Å². The van der Waals surface area contributed by atoms with E-state index >= 15 is 0 Å². The minimum atomic E-state index is 0.236. The summed E-state index contributed by atoms with van der Waals surface area (Å²) in [6.07, 6.45) is 0. The number of nitrogens with zero attached hydrogens (tertiary/aromatic N) is 2. The maximum atomic E-state index is 5.35. The summed E-state index contributed by atoms with van der Waals surface area (Å²) in [5.74, 6) is 3.14. The SMILES string of the molecule is COc1ccc(-c2noc(-c3ccc4c(c3)OCO4)n2)cc1. The molecule has 0 radical (unpaired) electrons. The molecule has 0 N–H and O–H groups in total. The van der Waals surface area contributed by atoms with Gasteiger partial charge in [0.05, 0.1) is 7.11 Å². The van der Waals surface area contributed by atoms with Crippen LogP contribution in [0.3, 0.4) is 0 Å². The third-order valence-electron chi connectivity index (χ3n) is 3.39. The van der Waals surface area contributed by atoms with Crippen LogP contribution >= 0.6 is 0 Å². The summed E-state index contributed by atoms with van der Waals surface area (Å²) in [5.41, 5.74) is 1.65. The second-order valence-corrected chi connectivity index (χ2v) is 4.72. The molecule has 1 aromatic heterocycles. The molecular weight excluding hydrogens is 284 g/mol. The van der Waals surface area contributed by atoms with Crippen LogP contribution in [-0.2, 0) is 0 Å². The van der Waals surface area contributed by atoms with Crippen molar-refractivity contribution in [3.8, 4) is 40.1 Å². The Morgan fingerprint density at radius 2 is 1.73 bits per heavy atom. The molecule has 4 rings (SSSR count). The summed E-state index contributed by atoms with van der Waals surface area (Å²) < 4.78 is 21.1. The molecular formula is C16H12N2O4. The fourth-order valence-corrected chi connectivity index (χ4v) is 2.23. The molecule has 0 fully saturated rings. The zero-order valence-corrected chi connectivity index (χ0v) is 11.8. The number of aromatic nitrogens is 2. The van der Waals surface area contributed by atoms with Crippen LogP contribution in [0.2, 0.25) is 0 Å². The highest BCUT2D eigenvalue weighted by Gasteiger charge is 2.17. The predicted octanol–water partition coefficient (Wildman–Crippen LogP) is 3.14. The number of methoxy groups -OCH3 is 1. The van der Waals surface area contributed by atoms with Crippen molar-refractivity contribution < 1.29 is 18.7 Å². The molecule has 110 valence electrons. The zero-order valence-electron chi connectivity index (χ0n) is 11.8. The van der Waals surface area contributed by atoms with Crippen molar-refractivity contribution in [2.75, 3.05) is 13.9 Å². The molecule has 2 aromatic carbocycles. The Morgan fingerprint density at radius 1 is 0.955 bits per heavy atom. The maximum Gasteiger partial charge on any atom is 0.258 e. The Kier molecular flexibility index (Phi) is 2.93. The number of fused-ring (bicyclic) bond motifs is 1. The van der Waals surface area contributed by atoms with Crippen molar-refractivity contribution in [3.63, 3.8) is 0 Å². The molecule has 3 aromatic rings. The van der Waals surface area contributed by atoms with Gasteiger partial charge in [-0.25, -0.2) is 0 Å². The Labute approximate surface area is 126 Å². The van der Waals surface area contributed by atoms with E-state index in [4.69, 9.17) is 18.7 Å². The van der Waals surface area contributed by atoms with E-state index < -0.39 is 0 Å². The standard InChI is InChI=1S/C16H12N2O4/c1-19-12-5-2-10(3-6-12)15-17-16(22-18-15)11-4-7-13-14(8-11)21-9-20-13/h2-8H,9H2,1H3. The van der Waals surface area contributed by atoms with Crippen molar-refractivity contribution >= 4 is 0 Å². The average molecular weight is 296 g/mol. The van der Waals surface area contributed by atoms with Crippen molar-refractivity contribution in [2.45, 2.75) is 0 Å². The topological polar surface area (TPSA) is 66.6 Å². The maximum absolute atomic E-state index is 5.35. The molecule has 0 amide bonds. The summed E-state index contributed by atoms with van der Waals surface area (Å²) in [4.78, 5) is 4.42. The monoisotopic (exact) mass is 296 g/mol. The van der Waals surface area contributed by atoms with Crippen LogP contribution in [0.1, 0.15) is 0 Å². The summed E-state index contributed by atoms with van der Waals surface area (Å²) in [7, 11) is 1.63. The first-order chi connectivity index (χ1) is 10.8. The lowest BCUT2D eigenvalue weighted by atomic mass is 10.2. The molecule has 2 heterocycles. The first-order valence-corrected chi connectivity index (χ1v) is 6.71. The van der Waals surface area contributed by atoms with E-state index in [1.165, 1.54) is 0 Å². The summed E-state index contributed by atoms with van der Waals surface area (Å²) in [6, 6.07) is 13.0. The molecule has 0 aliphatic carbocycles. The van der Waals surface area contributed by atoms with E-state index in [1.54, 1.807) is 7.11 Å². The Morgan fingerprint density at radius 3 is 2.55 bits per heavy atom. The van der Waals surface area contributed by atoms with Crippen molar-refractivity contribution in [3.05, 3.63) is 42.5 Å². The zero-order chi connectivity index (χ0) is 14.9. The van der Waals surface area contributed by atoms with Gasteiger partial charge in [-0.2, -0.15) is 4.98 Å². The van der Waals surface area contributed by atoms with Crippen molar-refractivity contribution in [1.82, 2.24) is 10.1 Å². The first-order valence-electron chi connectivity index (χ1n) is 6.71. The van der Waals surface area contributed by atoms with E-state index in [9.17, 15) is 0 Å². The van der Waals surface area contributed by atoms with Crippen LogP contribution < -0.4 is 14.2 Å². The fraction of sp³-hybridized carbons (Fsp3) is 0.125. The predicted molar refractivity (Wildman–Crippen MR) is 77.8 cm³/mol. The molecule has 6 nitrogen and oxygen atoms in total. The second-order valence-electron chi connectivity index (χ2n) is 4.72. The molecule has 22 heavy (non-hydrogen) atoms. The summed E-state index contributed by atoms with van der Waals surface area (Å²) in [5, 5.41) is 4.01. The van der Waals surface area contributed by atoms with Gasteiger partial charge in [0, 0.05) is 11.1 Å². The van der Waals surface area contributed by atoms with E-state index in [0.717, 1.165) is 22.6 Å². The van der Waals surface area contributed by atoms with E-state index in [0.29, 0.717) is 17.5 Å². The molecule has 0 saturated heterocycles. The lowest BCUT2D eigenvalue weighted by Gasteiger charge is -1.99. The largest absolute Gasteiger partial charge is 0.497 e. The Bertz CT molecular complexity index is 811. The molecule has 6 heteroatoms. The van der Waals surface area contributed by atoms with Gasteiger partial charge in [-0.3, -0.25) is 0 Å². The molecule has 0 bridgehead atoms. The molecule has 1 aliphatic heterocycles. The van der Waals surface area contributed by atoms with Gasteiger partial charge in [0.25, 0.3) is 5.89 Å². The van der Waals surface area contributed by atoms with Crippen LogP contribution in [0.5, 0.6) is 17.2 Å². The van der Waals surface area contributed by atoms with Crippen molar-refractivity contribution in [2.24, 2.45) is 0 Å². The first kappa shape index (κ1) is 12.7. The van der Waals surface area contributed by atoms with Crippen LogP contribution in [0.25, 0.3) is 22.8 Å². The van der Waals surface area contributed by atoms with Gasteiger partial charge in [-0.15, -0.1) is 0 Å². The van der Waals surface area contributed by atoms with Gasteiger partial charge in [0.15, 0.2) is 11.5 Å². The Hall–Kier alpha value is -3.02. The van der Waals surface area contributed by atoms with E-state index in [2.05, 4.69) is 10.1 Å². The number of hydrogen-bond acceptors (Lipinski definition) is 6. The normalized spacial score (nSPS) is 12.4. The van der Waals surface area contributed by atoms with E-state index in [1.807, 2.05) is 42.5 Å². The number of benzene rings is 2. The third kappa shape index (κ3) is 2.14. The van der Waals surface area contributed by atoms with Crippen molar-refractivity contribution in [1.29, 1.82) is 0 Å². The van der Waals surface area contributed by atoms with Gasteiger partial charge < -0.3 is 18.7 Å². The van der Waals surface area contributed by atoms with Crippen LogP contribution in [-0.4, -0.2) is 24.0 Å². The van der Waals surface area contributed by atoms with Crippen LogP contribution in [0.15, 0.2) is 47.0 Å².